The van der Waals surface area contributed by atoms with E-state index in [0.29, 0.717) is 12.1 Å². The summed E-state index contributed by atoms with van der Waals surface area (Å²) in [7, 11) is 5.23. The van der Waals surface area contributed by atoms with Crippen molar-refractivity contribution in [1.82, 2.24) is 15.5 Å². The van der Waals surface area contributed by atoms with Gasteiger partial charge in [-0.05, 0) is 61.6 Å². The maximum absolute atomic E-state index is 12.1. The van der Waals surface area contributed by atoms with Gasteiger partial charge in [-0.25, -0.2) is 0 Å². The summed E-state index contributed by atoms with van der Waals surface area (Å²) in [5, 5.41) is 6.66. The first-order valence-corrected chi connectivity index (χ1v) is 10.4. The lowest BCUT2D eigenvalue weighted by molar-refractivity contribution is 0.0827. The van der Waals surface area contributed by atoms with Crippen LogP contribution in [-0.4, -0.2) is 57.6 Å². The molecule has 170 valence electrons. The van der Waals surface area contributed by atoms with Crippen LogP contribution in [0.5, 0.6) is 5.75 Å². The molecule has 0 saturated carbocycles. The van der Waals surface area contributed by atoms with E-state index >= 15 is 0 Å². The van der Waals surface area contributed by atoms with E-state index in [1.807, 2.05) is 31.2 Å². The number of carbonyl (C=O) groups is 1. The van der Waals surface area contributed by atoms with Gasteiger partial charge in [0.25, 0.3) is 5.91 Å². The van der Waals surface area contributed by atoms with E-state index in [9.17, 15) is 4.79 Å². The second kappa shape index (κ2) is 13.9. The van der Waals surface area contributed by atoms with Gasteiger partial charge in [-0.1, -0.05) is 24.3 Å². The lowest BCUT2D eigenvalue weighted by Gasteiger charge is -2.13. The lowest BCUT2D eigenvalue weighted by atomic mass is 10.1. The topological polar surface area (TPSA) is 66.0 Å². The molecule has 0 heterocycles. The molecule has 2 aromatic rings. The molecule has 0 aromatic heterocycles. The number of aryl methyl sites for hydroxylation is 1. The number of hydrogen-bond donors (Lipinski definition) is 2. The molecule has 0 spiro atoms. The van der Waals surface area contributed by atoms with Gasteiger partial charge in [0.2, 0.25) is 0 Å². The van der Waals surface area contributed by atoms with Crippen LogP contribution >= 0.6 is 24.0 Å². The fourth-order valence-corrected chi connectivity index (χ4v) is 3.10. The molecule has 6 nitrogen and oxygen atoms in total. The second-order valence-corrected chi connectivity index (χ2v) is 7.39. The summed E-state index contributed by atoms with van der Waals surface area (Å²) in [4.78, 5) is 18.4. The lowest BCUT2D eigenvalue weighted by Crippen LogP contribution is -2.38. The Bertz CT molecular complexity index is 868. The van der Waals surface area contributed by atoms with Crippen LogP contribution in [0.25, 0.3) is 0 Å². The average molecular weight is 538 g/mol. The minimum atomic E-state index is 0. The molecule has 1 amide bonds. The molecule has 0 bridgehead atoms. The van der Waals surface area contributed by atoms with E-state index in [4.69, 9.17) is 4.74 Å². The molecule has 2 N–H and O–H groups in total. The van der Waals surface area contributed by atoms with Crippen molar-refractivity contribution in [3.8, 4) is 5.75 Å². The summed E-state index contributed by atoms with van der Waals surface area (Å²) in [6, 6.07) is 14.1. The molecular weight excluding hydrogens is 503 g/mol. The molecule has 2 rings (SSSR count). The highest BCUT2D eigenvalue weighted by atomic mass is 127. The van der Waals surface area contributed by atoms with Crippen molar-refractivity contribution in [1.29, 1.82) is 0 Å². The molecule has 7 heteroatoms. The molecule has 0 saturated heterocycles. The Morgan fingerprint density at radius 3 is 2.48 bits per heavy atom. The van der Waals surface area contributed by atoms with Gasteiger partial charge in [0, 0.05) is 39.3 Å². The van der Waals surface area contributed by atoms with Gasteiger partial charge in [0.05, 0.1) is 7.11 Å². The fourth-order valence-electron chi connectivity index (χ4n) is 3.10. The molecule has 0 radical (unpaired) electrons. The number of amides is 1. The Morgan fingerprint density at radius 1 is 1.06 bits per heavy atom. The van der Waals surface area contributed by atoms with Gasteiger partial charge in [0.15, 0.2) is 5.96 Å². The summed E-state index contributed by atoms with van der Waals surface area (Å²) in [5.41, 5.74) is 4.18. The third-order valence-electron chi connectivity index (χ3n) is 4.77. The van der Waals surface area contributed by atoms with Gasteiger partial charge in [-0.2, -0.15) is 0 Å². The van der Waals surface area contributed by atoms with Gasteiger partial charge in [-0.15, -0.1) is 24.0 Å². The van der Waals surface area contributed by atoms with E-state index < -0.39 is 0 Å². The predicted molar refractivity (Wildman–Crippen MR) is 139 cm³/mol. The fraction of sp³-hybridized carbons (Fsp3) is 0.417. The SMILES string of the molecule is CCNC(=NCCc1ccc(C)c(OC)c1)NCCc1cccc(C(=O)N(C)C)c1.I. The van der Waals surface area contributed by atoms with Crippen molar-refractivity contribution in [3.05, 3.63) is 64.7 Å². The molecule has 0 aliphatic rings. The van der Waals surface area contributed by atoms with Crippen LogP contribution in [0.15, 0.2) is 47.5 Å². The van der Waals surface area contributed by atoms with Gasteiger partial charge in [-0.3, -0.25) is 9.79 Å². The Morgan fingerprint density at radius 2 is 1.81 bits per heavy atom. The van der Waals surface area contributed by atoms with Gasteiger partial charge >= 0.3 is 0 Å². The molecule has 2 aromatic carbocycles. The number of halogens is 1. The van der Waals surface area contributed by atoms with Crippen molar-refractivity contribution in [2.75, 3.05) is 40.8 Å². The number of hydrogen-bond acceptors (Lipinski definition) is 3. The molecule has 0 aliphatic heterocycles. The van der Waals surface area contributed by atoms with Gasteiger partial charge < -0.3 is 20.3 Å². The smallest absolute Gasteiger partial charge is 0.253 e. The summed E-state index contributed by atoms with van der Waals surface area (Å²) in [6.45, 7) is 6.33. The first kappa shape index (κ1) is 26.7. The second-order valence-electron chi connectivity index (χ2n) is 7.39. The normalized spacial score (nSPS) is 10.8. The number of nitrogens with zero attached hydrogens (tertiary/aromatic N) is 2. The van der Waals surface area contributed by atoms with Crippen LogP contribution in [-0.2, 0) is 12.8 Å². The van der Waals surface area contributed by atoms with Crippen LogP contribution in [0.2, 0.25) is 0 Å². The molecular formula is C24H35IN4O2. The summed E-state index contributed by atoms with van der Waals surface area (Å²) in [5.74, 6) is 1.74. The summed E-state index contributed by atoms with van der Waals surface area (Å²) < 4.78 is 5.40. The number of guanidine groups is 1. The number of ether oxygens (including phenoxy) is 1. The van der Waals surface area contributed by atoms with Crippen molar-refractivity contribution in [3.63, 3.8) is 0 Å². The van der Waals surface area contributed by atoms with Crippen LogP contribution in [0.4, 0.5) is 0 Å². The highest BCUT2D eigenvalue weighted by Gasteiger charge is 2.08. The molecule has 0 atom stereocenters. The maximum Gasteiger partial charge on any atom is 0.253 e. The predicted octanol–water partition coefficient (Wildman–Crippen LogP) is 3.66. The zero-order valence-corrected chi connectivity index (χ0v) is 21.5. The van der Waals surface area contributed by atoms with Crippen LogP contribution < -0.4 is 15.4 Å². The van der Waals surface area contributed by atoms with Crippen LogP contribution in [0, 0.1) is 6.92 Å². The number of aliphatic imine (C=N–C) groups is 1. The Kier molecular flexibility index (Phi) is 12.0. The quantitative estimate of drug-likeness (QED) is 0.291. The number of carbonyl (C=O) groups excluding carboxylic acids is 1. The zero-order valence-electron chi connectivity index (χ0n) is 19.2. The van der Waals surface area contributed by atoms with Gasteiger partial charge in [0.1, 0.15) is 5.75 Å². The maximum atomic E-state index is 12.1. The van der Waals surface area contributed by atoms with Crippen molar-refractivity contribution >= 4 is 35.8 Å². The third kappa shape index (κ3) is 8.77. The molecule has 0 unspecified atom stereocenters. The summed E-state index contributed by atoms with van der Waals surface area (Å²) in [6.07, 6.45) is 1.66. The number of methoxy groups -OCH3 is 1. The monoisotopic (exact) mass is 538 g/mol. The van der Waals surface area contributed by atoms with Crippen LogP contribution in [0.3, 0.4) is 0 Å². The zero-order chi connectivity index (χ0) is 21.9. The standard InChI is InChI=1S/C24H34N4O2.HI/c1-6-25-24(27-15-13-20-11-10-18(2)22(17-20)30-5)26-14-12-19-8-7-9-21(16-19)23(29)28(3)4;/h7-11,16-17H,6,12-15H2,1-5H3,(H2,25,26,27);1H. The summed E-state index contributed by atoms with van der Waals surface area (Å²) >= 11 is 0. The number of benzene rings is 2. The van der Waals surface area contributed by atoms with Crippen molar-refractivity contribution < 1.29 is 9.53 Å². The molecule has 31 heavy (non-hydrogen) atoms. The highest BCUT2D eigenvalue weighted by molar-refractivity contribution is 14.0. The first-order valence-electron chi connectivity index (χ1n) is 10.4. The molecule has 0 fully saturated rings. The number of rotatable bonds is 9. The Labute approximate surface area is 203 Å². The Hall–Kier alpha value is -2.29. The minimum Gasteiger partial charge on any atom is -0.496 e. The van der Waals surface area contributed by atoms with E-state index in [-0.39, 0.29) is 29.9 Å². The van der Waals surface area contributed by atoms with Crippen LogP contribution in [0.1, 0.15) is 34.0 Å². The Balaban J connectivity index is 0.00000480. The van der Waals surface area contributed by atoms with E-state index in [0.717, 1.165) is 48.8 Å². The first-order chi connectivity index (χ1) is 14.4. The number of nitrogens with one attached hydrogen (secondary N) is 2. The third-order valence-corrected chi connectivity index (χ3v) is 4.77. The van der Waals surface area contributed by atoms with E-state index in [1.165, 1.54) is 5.56 Å². The van der Waals surface area contributed by atoms with E-state index in [1.54, 1.807) is 26.1 Å². The minimum absolute atomic E-state index is 0. The van der Waals surface area contributed by atoms with Crippen molar-refractivity contribution in [2.45, 2.75) is 26.7 Å². The average Bonchev–Trinajstić information content (AvgIpc) is 2.74. The largest absolute Gasteiger partial charge is 0.496 e. The highest BCUT2D eigenvalue weighted by Crippen LogP contribution is 2.19. The molecule has 0 aliphatic carbocycles. The van der Waals surface area contributed by atoms with E-state index in [2.05, 4.69) is 40.7 Å². The van der Waals surface area contributed by atoms with Crippen molar-refractivity contribution in [2.24, 2.45) is 4.99 Å².